The summed E-state index contributed by atoms with van der Waals surface area (Å²) < 4.78 is 5.62. The topological polar surface area (TPSA) is 43.4 Å². The lowest BCUT2D eigenvalue weighted by atomic mass is 9.65. The molecule has 0 saturated heterocycles. The number of esters is 1. The van der Waals surface area contributed by atoms with Crippen LogP contribution >= 0.6 is 27.3 Å². The minimum atomic E-state index is -0.904. The molecule has 5 heteroatoms. The lowest BCUT2D eigenvalue weighted by molar-refractivity contribution is -0.153. The Labute approximate surface area is 106 Å². The molecule has 0 amide bonds. The van der Waals surface area contributed by atoms with E-state index in [1.807, 2.05) is 5.38 Å². The molecule has 1 saturated carbocycles. The quantitative estimate of drug-likeness (QED) is 0.490. The third-order valence-corrected chi connectivity index (χ3v) is 4.70. The summed E-state index contributed by atoms with van der Waals surface area (Å²) in [7, 11) is 1.33. The van der Waals surface area contributed by atoms with Gasteiger partial charge in [-0.3, -0.25) is 9.59 Å². The Hall–Kier alpha value is -0.680. The first-order valence-corrected chi connectivity index (χ1v) is 6.65. The smallest absolute Gasteiger partial charge is 0.319 e. The number of rotatable bonds is 3. The molecule has 1 fully saturated rings. The lowest BCUT2D eigenvalue weighted by Crippen LogP contribution is -2.45. The number of hydrogen-bond donors (Lipinski definition) is 0. The van der Waals surface area contributed by atoms with Gasteiger partial charge in [-0.15, -0.1) is 11.3 Å². The summed E-state index contributed by atoms with van der Waals surface area (Å²) in [6, 6.07) is 1.76. The van der Waals surface area contributed by atoms with E-state index in [-0.39, 0.29) is 5.78 Å². The van der Waals surface area contributed by atoms with E-state index in [2.05, 4.69) is 15.9 Å². The highest BCUT2D eigenvalue weighted by molar-refractivity contribution is 9.10. The molecule has 0 radical (unpaired) electrons. The van der Waals surface area contributed by atoms with Gasteiger partial charge in [-0.25, -0.2) is 0 Å². The maximum absolute atomic E-state index is 12.3. The minimum Gasteiger partial charge on any atom is -0.468 e. The number of hydrogen-bond acceptors (Lipinski definition) is 4. The largest absolute Gasteiger partial charge is 0.468 e. The van der Waals surface area contributed by atoms with Gasteiger partial charge in [-0.1, -0.05) is 6.42 Å². The second kappa shape index (κ2) is 4.30. The van der Waals surface area contributed by atoms with Crippen molar-refractivity contribution in [2.24, 2.45) is 5.41 Å². The summed E-state index contributed by atoms with van der Waals surface area (Å²) in [5.74, 6) is -0.491. The fourth-order valence-corrected chi connectivity index (χ4v) is 3.38. The first-order valence-electron chi connectivity index (χ1n) is 4.97. The summed E-state index contributed by atoms with van der Waals surface area (Å²) >= 11 is 4.66. The molecule has 1 heterocycles. The zero-order valence-corrected chi connectivity index (χ0v) is 11.2. The van der Waals surface area contributed by atoms with Crippen LogP contribution in [0.1, 0.15) is 28.9 Å². The van der Waals surface area contributed by atoms with Crippen molar-refractivity contribution in [2.75, 3.05) is 7.11 Å². The number of Topliss-reactive ketones (excluding diaryl/α,β-unsaturated/α-hetero) is 1. The predicted molar refractivity (Wildman–Crippen MR) is 64.6 cm³/mol. The summed E-state index contributed by atoms with van der Waals surface area (Å²) in [5.41, 5.74) is -0.904. The Kier molecular flexibility index (Phi) is 3.17. The van der Waals surface area contributed by atoms with Crippen LogP contribution in [0.15, 0.2) is 15.9 Å². The molecule has 0 bridgehead atoms. The third kappa shape index (κ3) is 1.72. The van der Waals surface area contributed by atoms with Crippen LogP contribution in [-0.4, -0.2) is 18.9 Å². The number of carbonyl (C=O) groups excluding carboxylic acids is 2. The molecule has 1 aliphatic rings. The van der Waals surface area contributed by atoms with Crippen molar-refractivity contribution in [3.05, 3.63) is 20.8 Å². The molecule has 1 aromatic heterocycles. The molecule has 1 aliphatic carbocycles. The van der Waals surface area contributed by atoms with Crippen molar-refractivity contribution in [1.29, 1.82) is 0 Å². The predicted octanol–water partition coefficient (Wildman–Crippen LogP) is 3.04. The van der Waals surface area contributed by atoms with Crippen molar-refractivity contribution >= 4 is 39.0 Å². The Morgan fingerprint density at radius 2 is 2.19 bits per heavy atom. The van der Waals surface area contributed by atoms with Crippen LogP contribution in [0.25, 0.3) is 0 Å². The van der Waals surface area contributed by atoms with Gasteiger partial charge in [0.05, 0.1) is 12.0 Å². The van der Waals surface area contributed by atoms with Crippen LogP contribution in [-0.2, 0) is 9.53 Å². The minimum absolute atomic E-state index is 0.0960. The van der Waals surface area contributed by atoms with Gasteiger partial charge in [-0.2, -0.15) is 0 Å². The van der Waals surface area contributed by atoms with E-state index in [9.17, 15) is 9.59 Å². The van der Waals surface area contributed by atoms with Crippen LogP contribution in [0.3, 0.4) is 0 Å². The zero-order chi connectivity index (χ0) is 11.8. The highest BCUT2D eigenvalue weighted by atomic mass is 79.9. The van der Waals surface area contributed by atoms with Crippen molar-refractivity contribution in [1.82, 2.24) is 0 Å². The van der Waals surface area contributed by atoms with E-state index in [4.69, 9.17) is 4.74 Å². The molecule has 0 atom stereocenters. The molecule has 3 nitrogen and oxygen atoms in total. The fourth-order valence-electron chi connectivity index (χ4n) is 1.92. The first-order chi connectivity index (χ1) is 7.60. The van der Waals surface area contributed by atoms with Gasteiger partial charge >= 0.3 is 5.97 Å². The van der Waals surface area contributed by atoms with E-state index in [0.717, 1.165) is 10.9 Å². The molecule has 0 spiro atoms. The SMILES string of the molecule is COC(=O)C1(C(=O)c2cc(Br)cs2)CCC1. The lowest BCUT2D eigenvalue weighted by Gasteiger charge is -2.36. The Morgan fingerprint density at radius 3 is 2.56 bits per heavy atom. The molecular formula is C11H11BrO3S. The van der Waals surface area contributed by atoms with Crippen molar-refractivity contribution in [3.63, 3.8) is 0 Å². The van der Waals surface area contributed by atoms with Gasteiger partial charge in [0, 0.05) is 9.85 Å². The first kappa shape index (κ1) is 11.8. The van der Waals surface area contributed by atoms with E-state index >= 15 is 0 Å². The Bertz CT molecular complexity index is 434. The molecule has 86 valence electrons. The van der Waals surface area contributed by atoms with E-state index in [1.54, 1.807) is 6.07 Å². The number of methoxy groups -OCH3 is 1. The van der Waals surface area contributed by atoms with Crippen LogP contribution in [0.4, 0.5) is 0 Å². The summed E-state index contributed by atoms with van der Waals surface area (Å²) in [5, 5.41) is 1.84. The molecule has 16 heavy (non-hydrogen) atoms. The number of halogens is 1. The summed E-state index contributed by atoms with van der Waals surface area (Å²) in [4.78, 5) is 24.6. The average molecular weight is 303 g/mol. The normalized spacial score (nSPS) is 17.6. The maximum Gasteiger partial charge on any atom is 0.319 e. The summed E-state index contributed by atoms with van der Waals surface area (Å²) in [6.45, 7) is 0. The second-order valence-corrected chi connectivity index (χ2v) is 5.71. The Balaban J connectivity index is 2.29. The van der Waals surface area contributed by atoms with Crippen LogP contribution in [0.2, 0.25) is 0 Å². The maximum atomic E-state index is 12.3. The van der Waals surface area contributed by atoms with Crippen molar-refractivity contribution in [3.8, 4) is 0 Å². The van der Waals surface area contributed by atoms with Gasteiger partial charge in [0.2, 0.25) is 0 Å². The van der Waals surface area contributed by atoms with Crippen molar-refractivity contribution in [2.45, 2.75) is 19.3 Å². The Morgan fingerprint density at radius 1 is 1.50 bits per heavy atom. The van der Waals surface area contributed by atoms with Gasteiger partial charge in [-0.05, 0) is 34.8 Å². The number of ether oxygens (including phenoxy) is 1. The fraction of sp³-hybridized carbons (Fsp3) is 0.455. The number of thiophene rings is 1. The van der Waals surface area contributed by atoms with Gasteiger partial charge in [0.1, 0.15) is 5.41 Å². The number of ketones is 1. The molecule has 0 aliphatic heterocycles. The monoisotopic (exact) mass is 302 g/mol. The number of carbonyl (C=O) groups is 2. The molecule has 1 aromatic rings. The second-order valence-electron chi connectivity index (χ2n) is 3.89. The standard InChI is InChI=1S/C11H11BrO3S/c1-15-10(14)11(3-2-4-11)9(13)8-5-7(12)6-16-8/h5-6H,2-4H2,1H3. The molecule has 0 aromatic carbocycles. The highest BCUT2D eigenvalue weighted by Crippen LogP contribution is 2.45. The molecular weight excluding hydrogens is 292 g/mol. The molecule has 2 rings (SSSR count). The third-order valence-electron chi connectivity index (χ3n) is 3.01. The zero-order valence-electron chi connectivity index (χ0n) is 8.79. The van der Waals surface area contributed by atoms with Crippen molar-refractivity contribution < 1.29 is 14.3 Å². The van der Waals surface area contributed by atoms with Crippen LogP contribution in [0.5, 0.6) is 0 Å². The van der Waals surface area contributed by atoms with Gasteiger partial charge in [0.25, 0.3) is 0 Å². The van der Waals surface area contributed by atoms with E-state index < -0.39 is 11.4 Å². The highest BCUT2D eigenvalue weighted by Gasteiger charge is 2.52. The summed E-state index contributed by atoms with van der Waals surface area (Å²) in [6.07, 6.45) is 2.12. The molecule has 0 unspecified atom stereocenters. The van der Waals surface area contributed by atoms with E-state index in [0.29, 0.717) is 17.7 Å². The molecule has 0 N–H and O–H groups in total. The van der Waals surface area contributed by atoms with Gasteiger partial charge < -0.3 is 4.74 Å². The van der Waals surface area contributed by atoms with Gasteiger partial charge in [0.15, 0.2) is 5.78 Å². The average Bonchev–Trinajstić information content (AvgIpc) is 2.62. The van der Waals surface area contributed by atoms with Crippen LogP contribution in [0, 0.1) is 5.41 Å². The van der Waals surface area contributed by atoms with Crippen LogP contribution < -0.4 is 0 Å². The van der Waals surface area contributed by atoms with E-state index in [1.165, 1.54) is 18.4 Å².